The van der Waals surface area contributed by atoms with Gasteiger partial charge in [0.05, 0.1) is 17.9 Å². The lowest BCUT2D eigenvalue weighted by molar-refractivity contribution is -0.115. The van der Waals surface area contributed by atoms with Crippen LogP contribution in [0.25, 0.3) is 0 Å². The van der Waals surface area contributed by atoms with E-state index < -0.39 is 5.97 Å². The number of carbonyl (C=O) groups is 3. The van der Waals surface area contributed by atoms with Gasteiger partial charge in [-0.2, -0.15) is 0 Å². The Morgan fingerprint density at radius 3 is 2.59 bits per heavy atom. The average molecular weight is 537 g/mol. The minimum absolute atomic E-state index is 0.154. The fraction of sp³-hybridized carbons (Fsp3) is 0.345. The van der Waals surface area contributed by atoms with Crippen LogP contribution in [0, 0.1) is 12.8 Å². The molecule has 0 aliphatic heterocycles. The first kappa shape index (κ1) is 26.9. The summed E-state index contributed by atoms with van der Waals surface area (Å²) in [4.78, 5) is 40.6. The van der Waals surface area contributed by atoms with Gasteiger partial charge < -0.3 is 15.4 Å². The third-order valence-corrected chi connectivity index (χ3v) is 9.01. The Balaban J connectivity index is 1.47. The number of ether oxygens (including phenoxy) is 1. The highest BCUT2D eigenvalue weighted by atomic mass is 32.2. The number of fused-ring (bicyclic) bond motifs is 1. The summed E-state index contributed by atoms with van der Waals surface area (Å²) in [6, 6.07) is 14.9. The van der Waals surface area contributed by atoms with Crippen LogP contribution in [0.1, 0.15) is 63.4 Å². The molecule has 194 valence electrons. The fourth-order valence-corrected chi connectivity index (χ4v) is 6.81. The van der Waals surface area contributed by atoms with E-state index in [0.29, 0.717) is 34.2 Å². The number of thiophene rings is 1. The second-order valence-corrected chi connectivity index (χ2v) is 11.8. The summed E-state index contributed by atoms with van der Waals surface area (Å²) in [7, 11) is 1.37. The summed E-state index contributed by atoms with van der Waals surface area (Å²) in [5.41, 5.74) is 3.86. The van der Waals surface area contributed by atoms with Gasteiger partial charge in [0.15, 0.2) is 0 Å². The van der Waals surface area contributed by atoms with Crippen molar-refractivity contribution in [3.63, 3.8) is 0 Å². The molecule has 1 aliphatic carbocycles. The van der Waals surface area contributed by atoms with E-state index >= 15 is 0 Å². The Kier molecular flexibility index (Phi) is 8.71. The maximum Gasteiger partial charge on any atom is 0.341 e. The lowest BCUT2D eigenvalue weighted by Crippen LogP contribution is -2.25. The van der Waals surface area contributed by atoms with E-state index in [9.17, 15) is 14.4 Å². The Bertz CT molecular complexity index is 1300. The van der Waals surface area contributed by atoms with Gasteiger partial charge >= 0.3 is 5.97 Å². The number of hydrogen-bond acceptors (Lipinski definition) is 6. The van der Waals surface area contributed by atoms with Gasteiger partial charge in [-0.1, -0.05) is 37.6 Å². The number of benzene rings is 2. The molecule has 3 aromatic rings. The van der Waals surface area contributed by atoms with Crippen LogP contribution in [-0.4, -0.2) is 30.1 Å². The van der Waals surface area contributed by atoms with Crippen LogP contribution >= 0.6 is 23.1 Å². The SMILES string of the molecule is CCC(Sc1cccc(NC(=O)c2ccc(C)cc2)c1)C(=O)Nc1sc2c(c1C(=O)OC)CCC(C)C2. The number of anilines is 2. The van der Waals surface area contributed by atoms with Crippen LogP contribution in [0.3, 0.4) is 0 Å². The first-order chi connectivity index (χ1) is 17.8. The maximum absolute atomic E-state index is 13.3. The first-order valence-electron chi connectivity index (χ1n) is 12.5. The summed E-state index contributed by atoms with van der Waals surface area (Å²) in [5.74, 6) is -0.186. The minimum atomic E-state index is -0.403. The Morgan fingerprint density at radius 1 is 1.14 bits per heavy atom. The molecule has 1 aromatic heterocycles. The number of hydrogen-bond donors (Lipinski definition) is 2. The predicted molar refractivity (Wildman–Crippen MR) is 151 cm³/mol. The van der Waals surface area contributed by atoms with Crippen LogP contribution < -0.4 is 10.6 Å². The van der Waals surface area contributed by atoms with Crippen molar-refractivity contribution in [1.29, 1.82) is 0 Å². The van der Waals surface area contributed by atoms with Gasteiger partial charge in [0.1, 0.15) is 5.00 Å². The summed E-state index contributed by atoms with van der Waals surface area (Å²) in [5, 5.41) is 6.17. The van der Waals surface area contributed by atoms with Gasteiger partial charge in [-0.25, -0.2) is 4.79 Å². The highest BCUT2D eigenvalue weighted by Gasteiger charge is 2.30. The zero-order valence-electron chi connectivity index (χ0n) is 21.6. The summed E-state index contributed by atoms with van der Waals surface area (Å²) < 4.78 is 5.05. The van der Waals surface area contributed by atoms with Crippen molar-refractivity contribution >= 4 is 51.6 Å². The van der Waals surface area contributed by atoms with Crippen molar-refractivity contribution in [1.82, 2.24) is 0 Å². The number of methoxy groups -OCH3 is 1. The molecule has 0 radical (unpaired) electrons. The highest BCUT2D eigenvalue weighted by molar-refractivity contribution is 8.00. The second kappa shape index (κ2) is 12.0. The number of aryl methyl sites for hydroxylation is 1. The molecule has 2 unspecified atom stereocenters. The molecule has 0 fully saturated rings. The molecule has 1 heterocycles. The van der Waals surface area contributed by atoms with Crippen LogP contribution in [-0.2, 0) is 22.4 Å². The van der Waals surface area contributed by atoms with Crippen molar-refractivity contribution in [3.05, 3.63) is 75.7 Å². The van der Waals surface area contributed by atoms with Gasteiger partial charge in [-0.15, -0.1) is 23.1 Å². The van der Waals surface area contributed by atoms with Gasteiger partial charge in [-0.05, 0) is 74.4 Å². The number of rotatable bonds is 8. The topological polar surface area (TPSA) is 84.5 Å². The molecule has 37 heavy (non-hydrogen) atoms. The molecule has 6 nitrogen and oxygen atoms in total. The molecule has 0 saturated heterocycles. The third-order valence-electron chi connectivity index (χ3n) is 6.49. The van der Waals surface area contributed by atoms with E-state index in [1.165, 1.54) is 30.2 Å². The number of esters is 1. The van der Waals surface area contributed by atoms with E-state index in [-0.39, 0.29) is 17.1 Å². The molecule has 2 N–H and O–H groups in total. The molecule has 2 aromatic carbocycles. The van der Waals surface area contributed by atoms with E-state index in [0.717, 1.165) is 40.2 Å². The third kappa shape index (κ3) is 6.43. The van der Waals surface area contributed by atoms with Crippen LogP contribution in [0.4, 0.5) is 10.7 Å². The van der Waals surface area contributed by atoms with Crippen molar-refractivity contribution in [2.45, 2.75) is 56.6 Å². The summed E-state index contributed by atoms with van der Waals surface area (Å²) in [6.07, 6.45) is 3.35. The molecular formula is C29H32N2O4S2. The van der Waals surface area contributed by atoms with Gasteiger partial charge in [0.25, 0.3) is 5.91 Å². The van der Waals surface area contributed by atoms with Gasteiger partial charge in [0.2, 0.25) is 5.91 Å². The molecule has 8 heteroatoms. The van der Waals surface area contributed by atoms with Crippen molar-refractivity contribution in [2.75, 3.05) is 17.7 Å². The van der Waals surface area contributed by atoms with Crippen molar-refractivity contribution in [2.24, 2.45) is 5.92 Å². The molecule has 1 aliphatic rings. The van der Waals surface area contributed by atoms with Crippen molar-refractivity contribution in [3.8, 4) is 0 Å². The van der Waals surface area contributed by atoms with Crippen LogP contribution in [0.5, 0.6) is 0 Å². The Morgan fingerprint density at radius 2 is 1.89 bits per heavy atom. The fourth-order valence-electron chi connectivity index (χ4n) is 4.39. The van der Waals surface area contributed by atoms with Gasteiger partial charge in [0, 0.05) is 21.0 Å². The molecule has 4 rings (SSSR count). The Labute approximate surface area is 226 Å². The standard InChI is InChI=1S/C29H32N2O4S2/c1-5-23(27(33)31-28-25(29(34)35-4)22-14-11-18(3)15-24(22)37-28)36-21-8-6-7-20(16-21)30-26(32)19-12-9-17(2)10-13-19/h6-10,12-13,16,18,23H,5,11,14-15H2,1-4H3,(H,30,32)(H,31,33). The number of amides is 2. The number of thioether (sulfide) groups is 1. The summed E-state index contributed by atoms with van der Waals surface area (Å²) >= 11 is 2.93. The average Bonchev–Trinajstić information content (AvgIpc) is 3.23. The van der Waals surface area contributed by atoms with Crippen LogP contribution in [0.2, 0.25) is 0 Å². The smallest absolute Gasteiger partial charge is 0.341 e. The van der Waals surface area contributed by atoms with Gasteiger partial charge in [-0.3, -0.25) is 9.59 Å². The maximum atomic E-state index is 13.3. The monoisotopic (exact) mass is 536 g/mol. The summed E-state index contributed by atoms with van der Waals surface area (Å²) in [6.45, 7) is 6.15. The van der Waals surface area contributed by atoms with Crippen molar-refractivity contribution < 1.29 is 19.1 Å². The molecule has 2 atom stereocenters. The lowest BCUT2D eigenvalue weighted by atomic mass is 9.88. The number of carbonyl (C=O) groups excluding carboxylic acids is 3. The highest BCUT2D eigenvalue weighted by Crippen LogP contribution is 2.40. The molecule has 0 bridgehead atoms. The van der Waals surface area contributed by atoms with E-state index in [1.54, 1.807) is 12.1 Å². The Hall–Kier alpha value is -3.10. The van der Waals surface area contributed by atoms with Crippen LogP contribution in [0.15, 0.2) is 53.4 Å². The lowest BCUT2D eigenvalue weighted by Gasteiger charge is -2.18. The zero-order chi connectivity index (χ0) is 26.5. The van der Waals surface area contributed by atoms with E-state index in [2.05, 4.69) is 17.6 Å². The van der Waals surface area contributed by atoms with E-state index in [1.807, 2.05) is 50.2 Å². The zero-order valence-corrected chi connectivity index (χ0v) is 23.2. The molecule has 2 amide bonds. The first-order valence-corrected chi connectivity index (χ1v) is 14.2. The largest absolute Gasteiger partial charge is 0.465 e. The minimum Gasteiger partial charge on any atom is -0.465 e. The quantitative estimate of drug-likeness (QED) is 0.246. The van der Waals surface area contributed by atoms with E-state index in [4.69, 9.17) is 4.74 Å². The molecule has 0 saturated carbocycles. The second-order valence-electron chi connectivity index (χ2n) is 9.40. The predicted octanol–water partition coefficient (Wildman–Crippen LogP) is 6.73. The molecular weight excluding hydrogens is 504 g/mol. The normalized spacial score (nSPS) is 15.4. The number of nitrogens with one attached hydrogen (secondary N) is 2. The molecule has 0 spiro atoms.